The predicted octanol–water partition coefficient (Wildman–Crippen LogP) is 2.52. The van der Waals surface area contributed by atoms with E-state index in [1.807, 2.05) is 31.4 Å². The Bertz CT molecular complexity index is 1230. The van der Waals surface area contributed by atoms with E-state index < -0.39 is 0 Å². The number of hydrogen-bond acceptors (Lipinski definition) is 6. The van der Waals surface area contributed by atoms with Crippen LogP contribution in [0.5, 0.6) is 0 Å². The number of halogens is 1. The lowest BCUT2D eigenvalue weighted by molar-refractivity contribution is -0.121. The molecule has 1 aliphatic rings. The van der Waals surface area contributed by atoms with Gasteiger partial charge in [-0.1, -0.05) is 6.07 Å². The fourth-order valence-corrected chi connectivity index (χ4v) is 4.13. The van der Waals surface area contributed by atoms with E-state index in [0.29, 0.717) is 24.0 Å². The summed E-state index contributed by atoms with van der Waals surface area (Å²) in [5.74, 6) is 1.03. The summed E-state index contributed by atoms with van der Waals surface area (Å²) in [6, 6.07) is 5.45. The van der Waals surface area contributed by atoms with E-state index in [9.17, 15) is 4.79 Å². The number of carbonyl (C=O) groups excluding carboxylic acids is 1. The quantitative estimate of drug-likeness (QED) is 0.492. The van der Waals surface area contributed by atoms with Crippen molar-refractivity contribution in [1.29, 1.82) is 0 Å². The number of amides is 1. The Morgan fingerprint density at radius 1 is 1.28 bits per heavy atom. The van der Waals surface area contributed by atoms with E-state index in [4.69, 9.17) is 9.97 Å². The minimum atomic E-state index is -0.358. The van der Waals surface area contributed by atoms with Gasteiger partial charge in [-0.25, -0.2) is 9.97 Å². The number of benzene rings is 1. The molecule has 29 heavy (non-hydrogen) atoms. The number of aryl methyl sites for hydroxylation is 1. The van der Waals surface area contributed by atoms with Gasteiger partial charge >= 0.3 is 0 Å². The van der Waals surface area contributed by atoms with Crippen LogP contribution in [0.2, 0.25) is 0 Å². The fourth-order valence-electron chi connectivity index (χ4n) is 3.60. The van der Waals surface area contributed by atoms with Crippen molar-refractivity contribution in [1.82, 2.24) is 34.7 Å². The molecule has 2 N–H and O–H groups in total. The SMILES string of the molecule is Cn1cc(-c2nc3c4c(Br)cccc4nc(N[C@@H]4CCCCNC4=O)n3n2)cn1. The maximum absolute atomic E-state index is 12.4. The summed E-state index contributed by atoms with van der Waals surface area (Å²) in [5, 5.41) is 16.0. The van der Waals surface area contributed by atoms with Crippen molar-refractivity contribution in [2.24, 2.45) is 7.05 Å². The number of fused-ring (bicyclic) bond motifs is 3. The van der Waals surface area contributed by atoms with Crippen LogP contribution in [0.25, 0.3) is 27.9 Å². The molecular formula is C19H19BrN8O. The van der Waals surface area contributed by atoms with E-state index in [1.165, 1.54) is 0 Å². The van der Waals surface area contributed by atoms with Gasteiger partial charge in [-0.05, 0) is 47.3 Å². The first-order valence-corrected chi connectivity index (χ1v) is 10.3. The molecule has 1 amide bonds. The van der Waals surface area contributed by atoms with Crippen molar-refractivity contribution in [3.63, 3.8) is 0 Å². The average molecular weight is 455 g/mol. The highest BCUT2D eigenvalue weighted by atomic mass is 79.9. The van der Waals surface area contributed by atoms with Gasteiger partial charge in [0.15, 0.2) is 11.5 Å². The van der Waals surface area contributed by atoms with E-state index in [2.05, 4.69) is 36.8 Å². The van der Waals surface area contributed by atoms with E-state index >= 15 is 0 Å². The largest absolute Gasteiger partial charge is 0.354 e. The number of anilines is 1. The lowest BCUT2D eigenvalue weighted by Gasteiger charge is -2.16. The number of nitrogens with one attached hydrogen (secondary N) is 2. The molecule has 1 saturated heterocycles. The second kappa shape index (κ2) is 7.11. The Hall–Kier alpha value is -3.01. The van der Waals surface area contributed by atoms with Crippen molar-refractivity contribution < 1.29 is 4.79 Å². The number of aromatic nitrogens is 6. The topological polar surface area (TPSA) is 102 Å². The zero-order valence-corrected chi connectivity index (χ0v) is 17.3. The molecule has 1 aromatic carbocycles. The Morgan fingerprint density at radius 2 is 2.17 bits per heavy atom. The Labute approximate surface area is 174 Å². The lowest BCUT2D eigenvalue weighted by atomic mass is 10.1. The van der Waals surface area contributed by atoms with Crippen molar-refractivity contribution in [3.8, 4) is 11.4 Å². The third-order valence-corrected chi connectivity index (χ3v) is 5.71. The van der Waals surface area contributed by atoms with Crippen LogP contribution in [-0.4, -0.2) is 47.9 Å². The molecular weight excluding hydrogens is 436 g/mol. The van der Waals surface area contributed by atoms with Gasteiger partial charge < -0.3 is 10.6 Å². The van der Waals surface area contributed by atoms with Gasteiger partial charge in [-0.3, -0.25) is 9.48 Å². The first kappa shape index (κ1) is 18.0. The number of hydrogen-bond donors (Lipinski definition) is 2. The first-order chi connectivity index (χ1) is 14.1. The third-order valence-electron chi connectivity index (χ3n) is 5.05. The molecule has 148 valence electrons. The van der Waals surface area contributed by atoms with E-state index in [-0.39, 0.29) is 11.9 Å². The van der Waals surface area contributed by atoms with Gasteiger partial charge in [-0.15, -0.1) is 5.10 Å². The van der Waals surface area contributed by atoms with Crippen molar-refractivity contribution >= 4 is 44.3 Å². The van der Waals surface area contributed by atoms with Crippen molar-refractivity contribution in [2.75, 3.05) is 11.9 Å². The highest BCUT2D eigenvalue weighted by Gasteiger charge is 2.24. The summed E-state index contributed by atoms with van der Waals surface area (Å²) < 4.78 is 4.27. The van der Waals surface area contributed by atoms with Crippen LogP contribution in [0.4, 0.5) is 5.95 Å². The second-order valence-electron chi connectivity index (χ2n) is 7.13. The van der Waals surface area contributed by atoms with Gasteiger partial charge in [-0.2, -0.15) is 9.61 Å². The molecule has 10 heteroatoms. The Kier molecular flexibility index (Phi) is 4.42. The Morgan fingerprint density at radius 3 is 3.00 bits per heavy atom. The van der Waals surface area contributed by atoms with Crippen LogP contribution >= 0.6 is 15.9 Å². The summed E-state index contributed by atoms with van der Waals surface area (Å²) in [4.78, 5) is 22.0. The second-order valence-corrected chi connectivity index (χ2v) is 7.98. The van der Waals surface area contributed by atoms with Crippen LogP contribution in [0.15, 0.2) is 35.1 Å². The molecule has 0 saturated carbocycles. The standard InChI is InChI=1S/C19H19BrN8O/c1-27-10-11(9-22-27)16-25-17-15-12(20)5-4-7-13(15)23-19(28(17)26-16)24-14-6-2-3-8-21-18(14)29/h4-5,7,9-10,14H,2-3,6,8H2,1H3,(H,21,29)(H,23,24)/t14-/m1/s1. The van der Waals surface area contributed by atoms with Gasteiger partial charge in [0, 0.05) is 24.3 Å². The van der Waals surface area contributed by atoms with Crippen molar-refractivity contribution in [3.05, 3.63) is 35.1 Å². The molecule has 1 atom stereocenters. The van der Waals surface area contributed by atoms with Gasteiger partial charge in [0.1, 0.15) is 6.04 Å². The summed E-state index contributed by atoms with van der Waals surface area (Å²) in [6.07, 6.45) is 6.29. The highest BCUT2D eigenvalue weighted by Crippen LogP contribution is 2.30. The molecule has 0 radical (unpaired) electrons. The van der Waals surface area contributed by atoms with Crippen LogP contribution in [0.3, 0.4) is 0 Å². The van der Waals surface area contributed by atoms with Gasteiger partial charge in [0.2, 0.25) is 11.9 Å². The molecule has 0 aliphatic carbocycles. The predicted molar refractivity (Wildman–Crippen MR) is 112 cm³/mol. The molecule has 0 bridgehead atoms. The summed E-state index contributed by atoms with van der Waals surface area (Å²) >= 11 is 3.61. The van der Waals surface area contributed by atoms with Crippen molar-refractivity contribution in [2.45, 2.75) is 25.3 Å². The number of rotatable bonds is 3. The zero-order valence-electron chi connectivity index (χ0n) is 15.8. The van der Waals surface area contributed by atoms with Crippen LogP contribution < -0.4 is 10.6 Å². The number of nitrogens with zero attached hydrogens (tertiary/aromatic N) is 6. The normalized spacial score (nSPS) is 17.4. The fraction of sp³-hybridized carbons (Fsp3) is 0.316. The summed E-state index contributed by atoms with van der Waals surface area (Å²) in [7, 11) is 1.85. The average Bonchev–Trinajstić information content (AvgIpc) is 3.28. The molecule has 3 aromatic heterocycles. The van der Waals surface area contributed by atoms with Crippen LogP contribution in [0, 0.1) is 0 Å². The molecule has 0 unspecified atom stereocenters. The van der Waals surface area contributed by atoms with E-state index in [0.717, 1.165) is 40.2 Å². The Balaban J connectivity index is 1.69. The van der Waals surface area contributed by atoms with Gasteiger partial charge in [0.05, 0.1) is 22.7 Å². The molecule has 4 heterocycles. The molecule has 5 rings (SSSR count). The minimum Gasteiger partial charge on any atom is -0.354 e. The highest BCUT2D eigenvalue weighted by molar-refractivity contribution is 9.10. The first-order valence-electron chi connectivity index (χ1n) is 9.48. The van der Waals surface area contributed by atoms with Crippen LogP contribution in [-0.2, 0) is 11.8 Å². The third kappa shape index (κ3) is 3.23. The molecule has 9 nitrogen and oxygen atoms in total. The molecule has 4 aromatic rings. The summed E-state index contributed by atoms with van der Waals surface area (Å²) in [6.45, 7) is 0.707. The zero-order chi connectivity index (χ0) is 20.0. The maximum Gasteiger partial charge on any atom is 0.242 e. The molecule has 1 aliphatic heterocycles. The van der Waals surface area contributed by atoms with E-state index in [1.54, 1.807) is 15.4 Å². The summed E-state index contributed by atoms with van der Waals surface area (Å²) in [5.41, 5.74) is 2.25. The molecule has 1 fully saturated rings. The van der Waals surface area contributed by atoms with Gasteiger partial charge in [0.25, 0.3) is 0 Å². The maximum atomic E-state index is 12.4. The smallest absolute Gasteiger partial charge is 0.242 e. The number of carbonyl (C=O) groups is 1. The minimum absolute atomic E-state index is 0.0145. The van der Waals surface area contributed by atoms with Crippen LogP contribution in [0.1, 0.15) is 19.3 Å². The molecule has 0 spiro atoms. The lowest BCUT2D eigenvalue weighted by Crippen LogP contribution is -2.38. The monoisotopic (exact) mass is 454 g/mol.